The molecule has 1 saturated heterocycles. The summed E-state index contributed by atoms with van der Waals surface area (Å²) in [5.41, 5.74) is 1.77. The van der Waals surface area contributed by atoms with E-state index in [-0.39, 0.29) is 17.8 Å². The number of carbonyl (C=O) groups is 1. The van der Waals surface area contributed by atoms with Crippen molar-refractivity contribution in [1.82, 2.24) is 0 Å². The molecule has 0 bridgehead atoms. The van der Waals surface area contributed by atoms with Gasteiger partial charge in [-0.05, 0) is 36.6 Å². The predicted octanol–water partition coefficient (Wildman–Crippen LogP) is 2.19. The largest absolute Gasteiger partial charge is 0.469 e. The molecule has 0 aromatic heterocycles. The van der Waals surface area contributed by atoms with Crippen LogP contribution < -0.4 is 4.90 Å². The maximum absolute atomic E-state index is 11.6. The highest BCUT2D eigenvalue weighted by molar-refractivity contribution is 5.73. The molecule has 1 fully saturated rings. The van der Waals surface area contributed by atoms with Gasteiger partial charge < -0.3 is 9.64 Å². The minimum absolute atomic E-state index is 0.000341. The molecule has 0 amide bonds. The van der Waals surface area contributed by atoms with Crippen LogP contribution in [0.1, 0.15) is 18.9 Å². The van der Waals surface area contributed by atoms with Crippen LogP contribution in [0.25, 0.3) is 0 Å². The van der Waals surface area contributed by atoms with Gasteiger partial charge in [0.2, 0.25) is 0 Å². The van der Waals surface area contributed by atoms with Crippen LogP contribution in [0, 0.1) is 23.2 Å². The van der Waals surface area contributed by atoms with Gasteiger partial charge in [-0.2, -0.15) is 5.26 Å². The lowest BCUT2D eigenvalue weighted by atomic mass is 9.86. The van der Waals surface area contributed by atoms with Crippen molar-refractivity contribution in [2.24, 2.45) is 11.8 Å². The molecule has 2 atom stereocenters. The first-order valence-electron chi connectivity index (χ1n) is 6.48. The number of nitriles is 1. The number of piperidine rings is 1. The van der Waals surface area contributed by atoms with E-state index in [2.05, 4.69) is 17.9 Å². The number of hydrogen-bond donors (Lipinski definition) is 0. The van der Waals surface area contributed by atoms with Gasteiger partial charge in [0.1, 0.15) is 0 Å². The molecule has 4 heteroatoms. The molecule has 0 aliphatic carbocycles. The summed E-state index contributed by atoms with van der Waals surface area (Å²) >= 11 is 0. The lowest BCUT2D eigenvalue weighted by molar-refractivity contribution is -0.147. The Labute approximate surface area is 113 Å². The summed E-state index contributed by atoms with van der Waals surface area (Å²) in [7, 11) is 1.45. The molecule has 19 heavy (non-hydrogen) atoms. The number of hydrogen-bond acceptors (Lipinski definition) is 4. The standard InChI is InChI=1S/C15H18N2O2/c1-11-10-17(8-7-14(11)15(18)19-2)13-5-3-12(9-16)4-6-13/h3-6,11,14H,7-8,10H2,1-2H3. The molecule has 1 aromatic carbocycles. The van der Waals surface area contributed by atoms with Crippen molar-refractivity contribution < 1.29 is 9.53 Å². The van der Waals surface area contributed by atoms with Gasteiger partial charge in [-0.25, -0.2) is 0 Å². The first-order valence-corrected chi connectivity index (χ1v) is 6.48. The Morgan fingerprint density at radius 3 is 2.63 bits per heavy atom. The minimum Gasteiger partial charge on any atom is -0.469 e. The zero-order valence-electron chi connectivity index (χ0n) is 11.3. The predicted molar refractivity (Wildman–Crippen MR) is 72.7 cm³/mol. The molecule has 2 unspecified atom stereocenters. The van der Waals surface area contributed by atoms with Crippen LogP contribution in [-0.2, 0) is 9.53 Å². The molecule has 0 saturated carbocycles. The van der Waals surface area contributed by atoms with Gasteiger partial charge in [0.25, 0.3) is 0 Å². The van der Waals surface area contributed by atoms with Crippen molar-refractivity contribution in [2.75, 3.05) is 25.1 Å². The summed E-state index contributed by atoms with van der Waals surface area (Å²) in [5, 5.41) is 8.79. The van der Waals surface area contributed by atoms with E-state index in [1.807, 2.05) is 24.3 Å². The van der Waals surface area contributed by atoms with Crippen molar-refractivity contribution in [1.29, 1.82) is 5.26 Å². The molecule has 1 aliphatic heterocycles. The second kappa shape index (κ2) is 5.75. The first-order chi connectivity index (χ1) is 9.15. The van der Waals surface area contributed by atoms with Gasteiger partial charge in [0, 0.05) is 18.8 Å². The van der Waals surface area contributed by atoms with E-state index in [9.17, 15) is 4.79 Å². The zero-order chi connectivity index (χ0) is 13.8. The average Bonchev–Trinajstić information content (AvgIpc) is 2.46. The van der Waals surface area contributed by atoms with Gasteiger partial charge in [-0.15, -0.1) is 0 Å². The second-order valence-corrected chi connectivity index (χ2v) is 5.00. The number of carbonyl (C=O) groups excluding carboxylic acids is 1. The van der Waals surface area contributed by atoms with Gasteiger partial charge in [0.15, 0.2) is 0 Å². The smallest absolute Gasteiger partial charge is 0.309 e. The number of ether oxygens (including phenoxy) is 1. The van der Waals surface area contributed by atoms with E-state index in [1.165, 1.54) is 7.11 Å². The Morgan fingerprint density at radius 2 is 2.11 bits per heavy atom. The number of nitrogens with zero attached hydrogens (tertiary/aromatic N) is 2. The molecule has 1 aromatic rings. The maximum Gasteiger partial charge on any atom is 0.309 e. The second-order valence-electron chi connectivity index (χ2n) is 5.00. The Hall–Kier alpha value is -2.02. The molecule has 1 heterocycles. The van der Waals surface area contributed by atoms with Crippen molar-refractivity contribution in [3.8, 4) is 6.07 Å². The molecular formula is C15H18N2O2. The average molecular weight is 258 g/mol. The van der Waals surface area contributed by atoms with Gasteiger partial charge in [0.05, 0.1) is 24.7 Å². The van der Waals surface area contributed by atoms with Crippen LogP contribution in [0.15, 0.2) is 24.3 Å². The number of benzene rings is 1. The highest BCUT2D eigenvalue weighted by atomic mass is 16.5. The third kappa shape index (κ3) is 2.87. The van der Waals surface area contributed by atoms with Crippen LogP contribution in [-0.4, -0.2) is 26.2 Å². The molecule has 0 radical (unpaired) electrons. The molecule has 0 N–H and O–H groups in total. The Morgan fingerprint density at radius 1 is 1.42 bits per heavy atom. The minimum atomic E-state index is -0.105. The van der Waals surface area contributed by atoms with Crippen LogP contribution in [0.4, 0.5) is 5.69 Å². The van der Waals surface area contributed by atoms with E-state index in [4.69, 9.17) is 10.00 Å². The summed E-state index contributed by atoms with van der Waals surface area (Å²) < 4.78 is 4.84. The van der Waals surface area contributed by atoms with Crippen molar-refractivity contribution in [3.63, 3.8) is 0 Å². The SMILES string of the molecule is COC(=O)C1CCN(c2ccc(C#N)cc2)CC1C. The van der Waals surface area contributed by atoms with Crippen molar-refractivity contribution in [2.45, 2.75) is 13.3 Å². The summed E-state index contributed by atoms with van der Waals surface area (Å²) in [6.07, 6.45) is 0.813. The Kier molecular flexibility index (Phi) is 4.06. The lowest BCUT2D eigenvalue weighted by Crippen LogP contribution is -2.42. The fourth-order valence-electron chi connectivity index (χ4n) is 2.63. The van der Waals surface area contributed by atoms with E-state index in [0.29, 0.717) is 5.56 Å². The maximum atomic E-state index is 11.6. The molecule has 0 spiro atoms. The molecule has 4 nitrogen and oxygen atoms in total. The van der Waals surface area contributed by atoms with Gasteiger partial charge >= 0.3 is 5.97 Å². The third-order valence-electron chi connectivity index (χ3n) is 3.77. The zero-order valence-corrected chi connectivity index (χ0v) is 11.3. The summed E-state index contributed by atoms with van der Waals surface area (Å²) in [6.45, 7) is 3.76. The molecular weight excluding hydrogens is 240 g/mol. The molecule has 2 rings (SSSR count). The summed E-state index contributed by atoms with van der Waals surface area (Å²) in [6, 6.07) is 9.69. The summed E-state index contributed by atoms with van der Waals surface area (Å²) in [4.78, 5) is 13.9. The van der Waals surface area contributed by atoms with Crippen LogP contribution in [0.5, 0.6) is 0 Å². The van der Waals surface area contributed by atoms with E-state index >= 15 is 0 Å². The fraction of sp³-hybridized carbons (Fsp3) is 0.467. The Bertz CT molecular complexity index is 490. The quantitative estimate of drug-likeness (QED) is 0.763. The van der Waals surface area contributed by atoms with Crippen LogP contribution >= 0.6 is 0 Å². The van der Waals surface area contributed by atoms with Crippen LogP contribution in [0.2, 0.25) is 0 Å². The monoisotopic (exact) mass is 258 g/mol. The Balaban J connectivity index is 2.05. The first kappa shape index (κ1) is 13.4. The normalized spacial score (nSPS) is 22.7. The number of esters is 1. The fourth-order valence-corrected chi connectivity index (χ4v) is 2.63. The van der Waals surface area contributed by atoms with E-state index in [0.717, 1.165) is 25.2 Å². The topological polar surface area (TPSA) is 53.3 Å². The summed E-state index contributed by atoms with van der Waals surface area (Å²) in [5.74, 6) is 0.170. The van der Waals surface area contributed by atoms with Gasteiger partial charge in [-0.1, -0.05) is 6.92 Å². The highest BCUT2D eigenvalue weighted by Crippen LogP contribution is 2.28. The molecule has 100 valence electrons. The van der Waals surface area contributed by atoms with E-state index in [1.54, 1.807) is 0 Å². The highest BCUT2D eigenvalue weighted by Gasteiger charge is 2.31. The van der Waals surface area contributed by atoms with E-state index < -0.39 is 0 Å². The lowest BCUT2D eigenvalue weighted by Gasteiger charge is -2.37. The number of rotatable bonds is 2. The number of anilines is 1. The number of methoxy groups -OCH3 is 1. The van der Waals surface area contributed by atoms with Crippen molar-refractivity contribution >= 4 is 11.7 Å². The third-order valence-corrected chi connectivity index (χ3v) is 3.77. The molecule has 1 aliphatic rings. The van der Waals surface area contributed by atoms with Gasteiger partial charge in [-0.3, -0.25) is 4.79 Å². The van der Waals surface area contributed by atoms with Crippen LogP contribution in [0.3, 0.4) is 0 Å². The van der Waals surface area contributed by atoms with Crippen molar-refractivity contribution in [3.05, 3.63) is 29.8 Å².